The first-order valence-electron chi connectivity index (χ1n) is 4.48. The zero-order valence-electron chi connectivity index (χ0n) is 7.95. The standard InChI is InChI=1S/C13H10S/c1-2-6-12-9-10-13(14-12)11-7-4-3-5-8-11/h3-5,7-10H,1H3. The van der Waals surface area contributed by atoms with Crippen LogP contribution in [0.3, 0.4) is 0 Å². The number of hydrogen-bond acceptors (Lipinski definition) is 1. The zero-order valence-corrected chi connectivity index (χ0v) is 8.77. The van der Waals surface area contributed by atoms with Gasteiger partial charge in [0, 0.05) is 4.88 Å². The summed E-state index contributed by atoms with van der Waals surface area (Å²) in [6, 6.07) is 14.6. The topological polar surface area (TPSA) is 0 Å². The molecule has 0 aliphatic carbocycles. The maximum atomic E-state index is 3.07. The van der Waals surface area contributed by atoms with Crippen molar-refractivity contribution in [2.45, 2.75) is 6.92 Å². The molecule has 1 aromatic carbocycles. The molecule has 0 bridgehead atoms. The van der Waals surface area contributed by atoms with Crippen molar-refractivity contribution in [3.63, 3.8) is 0 Å². The highest BCUT2D eigenvalue weighted by Crippen LogP contribution is 2.27. The first kappa shape index (κ1) is 9.05. The molecule has 0 N–H and O–H groups in total. The largest absolute Gasteiger partial charge is 0.127 e. The minimum absolute atomic E-state index is 1.13. The third-order valence-electron chi connectivity index (χ3n) is 1.91. The molecule has 0 radical (unpaired) electrons. The van der Waals surface area contributed by atoms with Crippen LogP contribution in [0.5, 0.6) is 0 Å². The average Bonchev–Trinajstić information content (AvgIpc) is 2.68. The van der Waals surface area contributed by atoms with E-state index >= 15 is 0 Å². The minimum Gasteiger partial charge on any atom is -0.127 e. The van der Waals surface area contributed by atoms with Crippen molar-refractivity contribution in [2.24, 2.45) is 0 Å². The van der Waals surface area contributed by atoms with Crippen molar-refractivity contribution in [3.8, 4) is 22.3 Å². The van der Waals surface area contributed by atoms with Crippen molar-refractivity contribution < 1.29 is 0 Å². The molecule has 0 saturated carbocycles. The summed E-state index contributed by atoms with van der Waals surface area (Å²) in [5.41, 5.74) is 1.27. The Kier molecular flexibility index (Phi) is 2.67. The molecule has 0 nitrogen and oxygen atoms in total. The van der Waals surface area contributed by atoms with Gasteiger partial charge in [0.1, 0.15) is 0 Å². The second-order valence-electron chi connectivity index (χ2n) is 2.90. The van der Waals surface area contributed by atoms with Crippen LogP contribution >= 0.6 is 11.3 Å². The molecule has 0 amide bonds. The van der Waals surface area contributed by atoms with Gasteiger partial charge in [0.2, 0.25) is 0 Å². The van der Waals surface area contributed by atoms with E-state index in [4.69, 9.17) is 0 Å². The minimum atomic E-state index is 1.13. The maximum absolute atomic E-state index is 3.07. The summed E-state index contributed by atoms with van der Waals surface area (Å²) in [4.78, 5) is 2.41. The third kappa shape index (κ3) is 1.86. The Hall–Kier alpha value is -1.52. The fourth-order valence-electron chi connectivity index (χ4n) is 1.29. The predicted octanol–water partition coefficient (Wildman–Crippen LogP) is 3.79. The van der Waals surface area contributed by atoms with Gasteiger partial charge in [0.05, 0.1) is 4.88 Å². The van der Waals surface area contributed by atoms with Crippen LogP contribution in [0.1, 0.15) is 11.8 Å². The van der Waals surface area contributed by atoms with Gasteiger partial charge >= 0.3 is 0 Å². The third-order valence-corrected chi connectivity index (χ3v) is 2.96. The molecule has 0 aliphatic rings. The lowest BCUT2D eigenvalue weighted by Gasteiger charge is -1.93. The predicted molar refractivity (Wildman–Crippen MR) is 62.3 cm³/mol. The van der Waals surface area contributed by atoms with E-state index < -0.39 is 0 Å². The molecule has 0 unspecified atom stereocenters. The Morgan fingerprint density at radius 2 is 1.79 bits per heavy atom. The molecule has 68 valence electrons. The summed E-state index contributed by atoms with van der Waals surface area (Å²) < 4.78 is 0. The lowest BCUT2D eigenvalue weighted by Crippen LogP contribution is -1.67. The molecular formula is C13H10S. The molecule has 0 fully saturated rings. The Morgan fingerprint density at radius 1 is 1.00 bits per heavy atom. The lowest BCUT2D eigenvalue weighted by atomic mass is 10.2. The van der Waals surface area contributed by atoms with Gasteiger partial charge in [-0.2, -0.15) is 0 Å². The molecule has 1 heterocycles. The van der Waals surface area contributed by atoms with Crippen molar-refractivity contribution in [3.05, 3.63) is 47.3 Å². The Labute approximate surface area is 88.2 Å². The van der Waals surface area contributed by atoms with E-state index in [-0.39, 0.29) is 0 Å². The van der Waals surface area contributed by atoms with Crippen LogP contribution in [0.15, 0.2) is 42.5 Å². The summed E-state index contributed by atoms with van der Waals surface area (Å²) in [5.74, 6) is 5.98. The highest BCUT2D eigenvalue weighted by atomic mass is 32.1. The Bertz CT molecular complexity index is 469. The van der Waals surface area contributed by atoms with Gasteiger partial charge in [-0.1, -0.05) is 36.3 Å². The van der Waals surface area contributed by atoms with E-state index in [1.54, 1.807) is 11.3 Å². The molecular weight excluding hydrogens is 188 g/mol. The fraction of sp³-hybridized carbons (Fsp3) is 0.0769. The molecule has 2 aromatic rings. The average molecular weight is 198 g/mol. The number of rotatable bonds is 1. The van der Waals surface area contributed by atoms with Crippen LogP contribution < -0.4 is 0 Å². The van der Waals surface area contributed by atoms with Gasteiger partial charge in [0.15, 0.2) is 0 Å². The molecule has 0 aliphatic heterocycles. The quantitative estimate of drug-likeness (QED) is 0.612. The zero-order chi connectivity index (χ0) is 9.80. The van der Waals surface area contributed by atoms with Gasteiger partial charge in [-0.25, -0.2) is 0 Å². The van der Waals surface area contributed by atoms with E-state index in [0.29, 0.717) is 0 Å². The highest BCUT2D eigenvalue weighted by molar-refractivity contribution is 7.16. The number of benzene rings is 1. The second kappa shape index (κ2) is 4.13. The fourth-order valence-corrected chi connectivity index (χ4v) is 2.20. The monoisotopic (exact) mass is 198 g/mol. The molecule has 0 atom stereocenters. The smallest absolute Gasteiger partial charge is 0.0774 e. The summed E-state index contributed by atoms with van der Waals surface area (Å²) in [7, 11) is 0. The number of hydrogen-bond donors (Lipinski definition) is 0. The van der Waals surface area contributed by atoms with E-state index in [0.717, 1.165) is 4.88 Å². The lowest BCUT2D eigenvalue weighted by molar-refractivity contribution is 1.70. The first-order valence-corrected chi connectivity index (χ1v) is 5.30. The van der Waals surface area contributed by atoms with Crippen LogP contribution in [0.2, 0.25) is 0 Å². The summed E-state index contributed by atoms with van der Waals surface area (Å²) in [5, 5.41) is 0. The van der Waals surface area contributed by atoms with Gasteiger partial charge in [-0.15, -0.1) is 17.3 Å². The number of thiophene rings is 1. The summed E-state index contributed by atoms with van der Waals surface area (Å²) in [6.07, 6.45) is 0. The Morgan fingerprint density at radius 3 is 2.50 bits per heavy atom. The SMILES string of the molecule is CC#Cc1ccc(-c2ccccc2)s1. The van der Waals surface area contributed by atoms with E-state index in [1.807, 2.05) is 13.0 Å². The van der Waals surface area contributed by atoms with Crippen LogP contribution in [0, 0.1) is 11.8 Å². The Balaban J connectivity index is 2.37. The van der Waals surface area contributed by atoms with E-state index in [9.17, 15) is 0 Å². The van der Waals surface area contributed by atoms with Gasteiger partial charge in [0.25, 0.3) is 0 Å². The molecule has 0 saturated heterocycles. The maximum Gasteiger partial charge on any atom is 0.0774 e. The van der Waals surface area contributed by atoms with Crippen LogP contribution in [0.25, 0.3) is 10.4 Å². The summed E-state index contributed by atoms with van der Waals surface area (Å²) in [6.45, 7) is 1.86. The van der Waals surface area contributed by atoms with E-state index in [1.165, 1.54) is 10.4 Å². The molecule has 1 heteroatoms. The highest BCUT2D eigenvalue weighted by Gasteiger charge is 1.99. The second-order valence-corrected chi connectivity index (χ2v) is 3.99. The van der Waals surface area contributed by atoms with Gasteiger partial charge in [-0.3, -0.25) is 0 Å². The molecule has 0 spiro atoms. The molecule has 1 aromatic heterocycles. The first-order chi connectivity index (χ1) is 6.90. The molecule has 14 heavy (non-hydrogen) atoms. The normalized spacial score (nSPS) is 9.21. The van der Waals surface area contributed by atoms with Crippen LogP contribution in [-0.2, 0) is 0 Å². The van der Waals surface area contributed by atoms with E-state index in [2.05, 4.69) is 48.2 Å². The van der Waals surface area contributed by atoms with Crippen molar-refractivity contribution in [2.75, 3.05) is 0 Å². The van der Waals surface area contributed by atoms with Crippen molar-refractivity contribution in [1.82, 2.24) is 0 Å². The van der Waals surface area contributed by atoms with Crippen molar-refractivity contribution in [1.29, 1.82) is 0 Å². The summed E-state index contributed by atoms with van der Waals surface area (Å²) >= 11 is 1.74. The molecule has 2 rings (SSSR count). The van der Waals surface area contributed by atoms with Crippen LogP contribution in [0.4, 0.5) is 0 Å². The van der Waals surface area contributed by atoms with Crippen molar-refractivity contribution >= 4 is 11.3 Å². The van der Waals surface area contributed by atoms with Crippen LogP contribution in [-0.4, -0.2) is 0 Å². The van der Waals surface area contributed by atoms with Gasteiger partial charge in [-0.05, 0) is 24.6 Å². The van der Waals surface area contributed by atoms with Gasteiger partial charge < -0.3 is 0 Å².